The van der Waals surface area contributed by atoms with Gasteiger partial charge < -0.3 is 4.42 Å². The van der Waals surface area contributed by atoms with Crippen molar-refractivity contribution in [2.45, 2.75) is 0 Å². The lowest BCUT2D eigenvalue weighted by Gasteiger charge is -1.91. The molecule has 0 N–H and O–H groups in total. The number of nitrogens with zero attached hydrogens (tertiary/aromatic N) is 2. The Labute approximate surface area is 117 Å². The molecule has 3 nitrogen and oxygen atoms in total. The SMILES string of the molecule is Clc1nnc(Cl)c2oc(C=Cc3cccs3)cc12. The van der Waals surface area contributed by atoms with Crippen LogP contribution in [0.3, 0.4) is 0 Å². The van der Waals surface area contributed by atoms with E-state index in [4.69, 9.17) is 27.6 Å². The summed E-state index contributed by atoms with van der Waals surface area (Å²) in [5.74, 6) is 0.664. The second-order valence-corrected chi connectivity index (χ2v) is 5.22. The number of aromatic nitrogens is 2. The molecule has 0 aliphatic heterocycles. The summed E-state index contributed by atoms with van der Waals surface area (Å²) < 4.78 is 5.58. The molecule has 18 heavy (non-hydrogen) atoms. The monoisotopic (exact) mass is 296 g/mol. The highest BCUT2D eigenvalue weighted by molar-refractivity contribution is 7.10. The molecule has 0 saturated heterocycles. The number of rotatable bonds is 2. The van der Waals surface area contributed by atoms with E-state index in [9.17, 15) is 0 Å². The standard InChI is InChI=1S/C12H6Cl2N2OS/c13-11-9-6-7(3-4-8-2-1-5-18-8)17-10(9)12(14)16-15-11/h1-6H. The van der Waals surface area contributed by atoms with E-state index in [1.807, 2.05) is 29.7 Å². The summed E-state index contributed by atoms with van der Waals surface area (Å²) >= 11 is 13.5. The fourth-order valence-electron chi connectivity index (χ4n) is 1.54. The minimum atomic E-state index is 0.213. The molecule has 0 aliphatic carbocycles. The molecule has 0 amide bonds. The minimum absolute atomic E-state index is 0.213. The minimum Gasteiger partial charge on any atom is -0.453 e. The van der Waals surface area contributed by atoms with Crippen molar-refractivity contribution in [3.8, 4) is 0 Å². The van der Waals surface area contributed by atoms with Crippen LogP contribution >= 0.6 is 34.5 Å². The zero-order valence-corrected chi connectivity index (χ0v) is 11.3. The van der Waals surface area contributed by atoms with Crippen LogP contribution in [0, 0.1) is 0 Å². The highest BCUT2D eigenvalue weighted by Crippen LogP contribution is 2.30. The van der Waals surface area contributed by atoms with E-state index < -0.39 is 0 Å². The van der Waals surface area contributed by atoms with Gasteiger partial charge in [0.1, 0.15) is 5.76 Å². The zero-order valence-electron chi connectivity index (χ0n) is 8.93. The second kappa shape index (κ2) is 4.72. The molecular formula is C12H6Cl2N2OS. The van der Waals surface area contributed by atoms with E-state index in [1.54, 1.807) is 17.4 Å². The van der Waals surface area contributed by atoms with Crippen LogP contribution in [0.5, 0.6) is 0 Å². The maximum absolute atomic E-state index is 5.93. The van der Waals surface area contributed by atoms with Gasteiger partial charge in [-0.2, -0.15) is 0 Å². The molecule has 0 spiro atoms. The Kier molecular flexibility index (Phi) is 3.07. The van der Waals surface area contributed by atoms with E-state index >= 15 is 0 Å². The van der Waals surface area contributed by atoms with Gasteiger partial charge in [0.25, 0.3) is 0 Å². The van der Waals surface area contributed by atoms with E-state index in [0.717, 1.165) is 4.88 Å². The van der Waals surface area contributed by atoms with Gasteiger partial charge in [0.15, 0.2) is 15.9 Å². The third-order valence-corrected chi connectivity index (χ3v) is 3.71. The first-order valence-corrected chi connectivity index (χ1v) is 6.70. The Bertz CT molecular complexity index is 680. The molecule has 3 aromatic rings. The maximum atomic E-state index is 5.93. The Morgan fingerprint density at radius 3 is 2.72 bits per heavy atom. The van der Waals surface area contributed by atoms with Crippen molar-refractivity contribution in [2.75, 3.05) is 0 Å². The van der Waals surface area contributed by atoms with Crippen LogP contribution in [0.1, 0.15) is 10.6 Å². The third-order valence-electron chi connectivity index (χ3n) is 2.34. The normalized spacial score (nSPS) is 11.7. The van der Waals surface area contributed by atoms with Crippen molar-refractivity contribution in [1.29, 1.82) is 0 Å². The molecular weight excluding hydrogens is 291 g/mol. The smallest absolute Gasteiger partial charge is 0.195 e. The molecule has 3 heterocycles. The largest absolute Gasteiger partial charge is 0.453 e. The highest BCUT2D eigenvalue weighted by Gasteiger charge is 2.11. The Hall–Kier alpha value is -1.36. The third kappa shape index (κ3) is 2.14. The summed E-state index contributed by atoms with van der Waals surface area (Å²) in [5, 5.41) is 10.6. The van der Waals surface area contributed by atoms with Crippen LogP contribution in [0.4, 0.5) is 0 Å². The molecule has 0 radical (unpaired) electrons. The Morgan fingerprint density at radius 1 is 1.17 bits per heavy atom. The van der Waals surface area contributed by atoms with Crippen LogP contribution in [-0.2, 0) is 0 Å². The molecule has 0 atom stereocenters. The van der Waals surface area contributed by atoms with Crippen LogP contribution in [0.2, 0.25) is 10.3 Å². The molecule has 0 aromatic carbocycles. The molecule has 0 fully saturated rings. The average molecular weight is 297 g/mol. The van der Waals surface area contributed by atoms with Crippen molar-refractivity contribution < 1.29 is 4.42 Å². The molecule has 0 saturated carbocycles. The van der Waals surface area contributed by atoms with E-state index in [2.05, 4.69) is 10.2 Å². The van der Waals surface area contributed by atoms with E-state index in [-0.39, 0.29) is 10.3 Å². The second-order valence-electron chi connectivity index (χ2n) is 3.52. The lowest BCUT2D eigenvalue weighted by atomic mass is 10.3. The predicted octanol–water partition coefficient (Wildman–Crippen LogP) is 4.76. The van der Waals surface area contributed by atoms with Crippen LogP contribution in [0.25, 0.3) is 23.1 Å². The highest BCUT2D eigenvalue weighted by atomic mass is 35.5. The number of hydrogen-bond acceptors (Lipinski definition) is 4. The van der Waals surface area contributed by atoms with Gasteiger partial charge in [0.2, 0.25) is 0 Å². The molecule has 6 heteroatoms. The van der Waals surface area contributed by atoms with Crippen molar-refractivity contribution in [3.63, 3.8) is 0 Å². The van der Waals surface area contributed by atoms with Gasteiger partial charge in [-0.3, -0.25) is 0 Å². The Morgan fingerprint density at radius 2 is 2.00 bits per heavy atom. The summed E-state index contributed by atoms with van der Waals surface area (Å²) in [6.45, 7) is 0. The van der Waals surface area contributed by atoms with Gasteiger partial charge in [-0.15, -0.1) is 21.5 Å². The van der Waals surface area contributed by atoms with E-state index in [0.29, 0.717) is 16.7 Å². The summed E-state index contributed by atoms with van der Waals surface area (Å²) in [5.41, 5.74) is 0.461. The van der Waals surface area contributed by atoms with Crippen molar-refractivity contribution in [1.82, 2.24) is 10.2 Å². The summed E-state index contributed by atoms with van der Waals surface area (Å²) in [4.78, 5) is 1.14. The lowest BCUT2D eigenvalue weighted by molar-refractivity contribution is 0.602. The first kappa shape index (κ1) is 11.7. The van der Waals surface area contributed by atoms with Gasteiger partial charge in [-0.1, -0.05) is 29.3 Å². The topological polar surface area (TPSA) is 38.9 Å². The lowest BCUT2D eigenvalue weighted by Crippen LogP contribution is -1.82. The number of thiophene rings is 1. The number of hydrogen-bond donors (Lipinski definition) is 0. The van der Waals surface area contributed by atoms with E-state index in [1.165, 1.54) is 0 Å². The predicted molar refractivity (Wildman–Crippen MR) is 75.1 cm³/mol. The molecule has 0 aliphatic rings. The fraction of sp³-hybridized carbons (Fsp3) is 0. The molecule has 3 aromatic heterocycles. The van der Waals surface area contributed by atoms with Gasteiger partial charge in [-0.05, 0) is 29.7 Å². The van der Waals surface area contributed by atoms with Crippen LogP contribution in [0.15, 0.2) is 28.0 Å². The maximum Gasteiger partial charge on any atom is 0.195 e. The first-order valence-electron chi connectivity index (χ1n) is 5.07. The Balaban J connectivity index is 2.04. The van der Waals surface area contributed by atoms with Gasteiger partial charge >= 0.3 is 0 Å². The summed E-state index contributed by atoms with van der Waals surface area (Å²) in [6, 6.07) is 5.81. The van der Waals surface area contributed by atoms with Gasteiger partial charge in [0.05, 0.1) is 5.39 Å². The molecule has 0 bridgehead atoms. The average Bonchev–Trinajstić information content (AvgIpc) is 3.00. The van der Waals surface area contributed by atoms with Gasteiger partial charge in [0, 0.05) is 4.88 Å². The molecule has 90 valence electrons. The van der Waals surface area contributed by atoms with Crippen molar-refractivity contribution in [3.05, 3.63) is 44.5 Å². The number of fused-ring (bicyclic) bond motifs is 1. The van der Waals surface area contributed by atoms with Crippen LogP contribution in [-0.4, -0.2) is 10.2 Å². The summed E-state index contributed by atoms with van der Waals surface area (Å²) in [7, 11) is 0. The number of furan rings is 1. The number of halogens is 2. The van der Waals surface area contributed by atoms with Crippen molar-refractivity contribution >= 4 is 57.7 Å². The quantitative estimate of drug-likeness (QED) is 0.684. The van der Waals surface area contributed by atoms with Crippen LogP contribution < -0.4 is 0 Å². The van der Waals surface area contributed by atoms with Gasteiger partial charge in [-0.25, -0.2) is 0 Å². The zero-order chi connectivity index (χ0) is 12.5. The molecule has 0 unspecified atom stereocenters. The fourth-order valence-corrected chi connectivity index (χ4v) is 2.51. The van der Waals surface area contributed by atoms with Crippen molar-refractivity contribution in [2.24, 2.45) is 0 Å². The summed E-state index contributed by atoms with van der Waals surface area (Å²) in [6.07, 6.45) is 3.82. The first-order chi connectivity index (χ1) is 8.74. The molecule has 3 rings (SSSR count).